The Kier molecular flexibility index (Phi) is 4.23. The van der Waals surface area contributed by atoms with Crippen LogP contribution in [-0.2, 0) is 6.42 Å². The minimum atomic E-state index is 0.811. The molecule has 0 radical (unpaired) electrons. The minimum absolute atomic E-state index is 0.811. The second-order valence-corrected chi connectivity index (χ2v) is 4.87. The van der Waals surface area contributed by atoms with Crippen LogP contribution < -0.4 is 20.3 Å². The third-order valence-corrected chi connectivity index (χ3v) is 3.65. The van der Waals surface area contributed by atoms with E-state index in [4.69, 9.17) is 4.74 Å². The van der Waals surface area contributed by atoms with Gasteiger partial charge in [0.1, 0.15) is 5.69 Å². The molecular weight excluding hydrogens is 250 g/mol. The predicted molar refractivity (Wildman–Crippen MR) is 86.5 cm³/mol. The summed E-state index contributed by atoms with van der Waals surface area (Å²) >= 11 is 0. The zero-order valence-electron chi connectivity index (χ0n) is 12.7. The van der Waals surface area contributed by atoms with E-state index in [-0.39, 0.29) is 0 Å². The number of nitrogens with zero attached hydrogens (tertiary/aromatic N) is 1. The van der Waals surface area contributed by atoms with Gasteiger partial charge in [0.25, 0.3) is 0 Å². The van der Waals surface area contributed by atoms with E-state index >= 15 is 0 Å². The van der Waals surface area contributed by atoms with E-state index in [9.17, 15) is 0 Å². The molecule has 1 aliphatic heterocycles. The summed E-state index contributed by atoms with van der Waals surface area (Å²) in [7, 11) is 5.67. The fraction of sp³-hybridized carbons (Fsp3) is 0.375. The summed E-state index contributed by atoms with van der Waals surface area (Å²) in [6.45, 7) is 6.89. The maximum atomic E-state index is 5.65. The van der Waals surface area contributed by atoms with Crippen molar-refractivity contribution in [2.24, 2.45) is 0 Å². The van der Waals surface area contributed by atoms with Crippen LogP contribution in [0.1, 0.15) is 18.1 Å². The Bertz CT molecular complexity index is 549. The van der Waals surface area contributed by atoms with Crippen LogP contribution in [0.25, 0.3) is 6.08 Å². The Morgan fingerprint density at radius 2 is 2.35 bits per heavy atom. The minimum Gasteiger partial charge on any atom is -0.494 e. The number of fused-ring (bicyclic) bond motifs is 1. The smallest absolute Gasteiger partial charge is 0.151 e. The highest BCUT2D eigenvalue weighted by Gasteiger charge is 2.23. The zero-order valence-corrected chi connectivity index (χ0v) is 12.7. The zero-order chi connectivity index (χ0) is 14.7. The Labute approximate surface area is 121 Å². The molecule has 0 saturated heterocycles. The quantitative estimate of drug-likeness (QED) is 0.809. The summed E-state index contributed by atoms with van der Waals surface area (Å²) in [5, 5.41) is 6.42. The lowest BCUT2D eigenvalue weighted by Crippen LogP contribution is -2.15. The maximum absolute atomic E-state index is 5.65. The van der Waals surface area contributed by atoms with Crippen LogP contribution in [-0.4, -0.2) is 27.9 Å². The monoisotopic (exact) mass is 273 g/mol. The first-order valence-corrected chi connectivity index (χ1v) is 6.86. The number of hydrogen-bond acceptors (Lipinski definition) is 4. The second-order valence-electron chi connectivity index (χ2n) is 4.87. The first-order chi connectivity index (χ1) is 9.62. The van der Waals surface area contributed by atoms with Gasteiger partial charge in [-0.15, -0.1) is 0 Å². The molecular formula is C16H23N3O. The van der Waals surface area contributed by atoms with E-state index in [1.54, 1.807) is 7.11 Å². The molecule has 2 rings (SSSR count). The van der Waals surface area contributed by atoms with Gasteiger partial charge < -0.3 is 20.3 Å². The van der Waals surface area contributed by atoms with Crippen LogP contribution >= 0.6 is 0 Å². The van der Waals surface area contributed by atoms with Gasteiger partial charge in [0.15, 0.2) is 5.75 Å². The second kappa shape index (κ2) is 5.90. The SMILES string of the molecule is C=C(/C=C/c1c(CC)cc2c(c1OC)NCN2C)NC. The number of benzene rings is 1. The van der Waals surface area contributed by atoms with Gasteiger partial charge in [-0.1, -0.05) is 13.5 Å². The molecule has 1 aromatic carbocycles. The largest absolute Gasteiger partial charge is 0.494 e. The standard InChI is InChI=1S/C16H23N3O/c1-6-12-9-14-15(18-10-19(14)4)16(20-5)13(12)8-7-11(2)17-3/h7-9,17-18H,2,6,10H2,1,3-5H3/b8-7+. The molecule has 20 heavy (non-hydrogen) atoms. The van der Waals surface area contributed by atoms with Gasteiger partial charge in [0.05, 0.1) is 19.5 Å². The predicted octanol–water partition coefficient (Wildman–Crippen LogP) is 2.82. The van der Waals surface area contributed by atoms with E-state index in [1.807, 2.05) is 13.1 Å². The first-order valence-electron chi connectivity index (χ1n) is 6.86. The Morgan fingerprint density at radius 3 is 2.95 bits per heavy atom. The van der Waals surface area contributed by atoms with Crippen LogP contribution in [0, 0.1) is 0 Å². The van der Waals surface area contributed by atoms with Gasteiger partial charge in [0, 0.05) is 25.4 Å². The number of anilines is 2. The third kappa shape index (κ3) is 2.46. The van der Waals surface area contributed by atoms with Crippen LogP contribution in [0.5, 0.6) is 5.75 Å². The molecule has 1 aromatic rings. The number of allylic oxidation sites excluding steroid dienone is 1. The van der Waals surface area contributed by atoms with Crippen LogP contribution in [0.4, 0.5) is 11.4 Å². The summed E-state index contributed by atoms with van der Waals surface area (Å²) in [6, 6.07) is 2.24. The van der Waals surface area contributed by atoms with Crippen molar-refractivity contribution in [2.45, 2.75) is 13.3 Å². The lowest BCUT2D eigenvalue weighted by molar-refractivity contribution is 0.415. The van der Waals surface area contributed by atoms with E-state index in [0.717, 1.165) is 35.8 Å². The van der Waals surface area contributed by atoms with Gasteiger partial charge >= 0.3 is 0 Å². The first kappa shape index (κ1) is 14.3. The van der Waals surface area contributed by atoms with Crippen molar-refractivity contribution in [3.8, 4) is 5.75 Å². The fourth-order valence-electron chi connectivity index (χ4n) is 2.42. The van der Waals surface area contributed by atoms with Gasteiger partial charge in [-0.3, -0.25) is 0 Å². The summed E-state index contributed by atoms with van der Waals surface area (Å²) in [6.07, 6.45) is 5.00. The maximum Gasteiger partial charge on any atom is 0.151 e. The van der Waals surface area contributed by atoms with Crippen molar-refractivity contribution in [1.29, 1.82) is 0 Å². The lowest BCUT2D eigenvalue weighted by atomic mass is 10.0. The van der Waals surface area contributed by atoms with Crippen LogP contribution in [0.2, 0.25) is 0 Å². The van der Waals surface area contributed by atoms with Crippen molar-refractivity contribution in [3.05, 3.63) is 35.5 Å². The molecule has 0 spiro atoms. The number of nitrogens with one attached hydrogen (secondary N) is 2. The number of ether oxygens (including phenoxy) is 1. The topological polar surface area (TPSA) is 36.5 Å². The number of hydrogen-bond donors (Lipinski definition) is 2. The van der Waals surface area contributed by atoms with E-state index in [1.165, 1.54) is 11.3 Å². The highest BCUT2D eigenvalue weighted by Crippen LogP contribution is 2.43. The summed E-state index contributed by atoms with van der Waals surface area (Å²) < 4.78 is 5.65. The summed E-state index contributed by atoms with van der Waals surface area (Å²) in [5.74, 6) is 0.906. The molecule has 0 aromatic heterocycles. The number of methoxy groups -OCH3 is 1. The Balaban J connectivity index is 2.55. The highest BCUT2D eigenvalue weighted by atomic mass is 16.5. The van der Waals surface area contributed by atoms with E-state index in [0.29, 0.717) is 0 Å². The van der Waals surface area contributed by atoms with Crippen LogP contribution in [0.15, 0.2) is 24.4 Å². The average molecular weight is 273 g/mol. The van der Waals surface area contributed by atoms with Crippen molar-refractivity contribution in [2.75, 3.05) is 38.1 Å². The molecule has 0 fully saturated rings. The molecule has 2 N–H and O–H groups in total. The number of likely N-dealkylation sites (N-methyl/N-ethyl adjacent to an activating group) is 1. The number of aryl methyl sites for hydroxylation is 1. The van der Waals surface area contributed by atoms with Gasteiger partial charge in [-0.05, 0) is 30.2 Å². The molecule has 0 aliphatic carbocycles. The lowest BCUT2D eigenvalue weighted by Gasteiger charge is -2.17. The van der Waals surface area contributed by atoms with E-state index in [2.05, 4.69) is 48.2 Å². The molecule has 4 heteroatoms. The summed E-state index contributed by atoms with van der Waals surface area (Å²) in [5.41, 5.74) is 5.54. The molecule has 1 heterocycles. The van der Waals surface area contributed by atoms with Crippen molar-refractivity contribution < 1.29 is 4.74 Å². The number of rotatable bonds is 5. The van der Waals surface area contributed by atoms with Crippen molar-refractivity contribution in [1.82, 2.24) is 5.32 Å². The molecule has 1 aliphatic rings. The van der Waals surface area contributed by atoms with E-state index < -0.39 is 0 Å². The van der Waals surface area contributed by atoms with Crippen molar-refractivity contribution >= 4 is 17.5 Å². The van der Waals surface area contributed by atoms with Gasteiger partial charge in [-0.25, -0.2) is 0 Å². The normalized spacial score (nSPS) is 13.3. The van der Waals surface area contributed by atoms with Gasteiger partial charge in [0.2, 0.25) is 0 Å². The van der Waals surface area contributed by atoms with Crippen LogP contribution in [0.3, 0.4) is 0 Å². The molecule has 0 unspecified atom stereocenters. The van der Waals surface area contributed by atoms with Gasteiger partial charge in [-0.2, -0.15) is 0 Å². The molecule has 0 saturated carbocycles. The third-order valence-electron chi connectivity index (χ3n) is 3.65. The molecule has 0 atom stereocenters. The molecule has 0 amide bonds. The van der Waals surface area contributed by atoms with Crippen molar-refractivity contribution in [3.63, 3.8) is 0 Å². The highest BCUT2D eigenvalue weighted by molar-refractivity contribution is 5.86. The Morgan fingerprint density at radius 1 is 1.60 bits per heavy atom. The fourth-order valence-corrected chi connectivity index (χ4v) is 2.42. The molecule has 0 bridgehead atoms. The summed E-state index contributed by atoms with van der Waals surface area (Å²) in [4.78, 5) is 2.19. The average Bonchev–Trinajstić information content (AvgIpc) is 2.84. The molecule has 108 valence electrons. The molecule has 4 nitrogen and oxygen atoms in total. The Hall–Kier alpha value is -2.10.